The SMILES string of the molecule is COC(=O)CC(SC(C)=O)C(=O)N[C@@H](CC(C)C)C(=O)N[C@@H](Cc1ccccc1)C(=O)O. The zero-order valence-corrected chi connectivity index (χ0v) is 19.4. The summed E-state index contributed by atoms with van der Waals surface area (Å²) in [6.45, 7) is 4.96. The molecule has 1 aromatic rings. The molecule has 0 heterocycles. The summed E-state index contributed by atoms with van der Waals surface area (Å²) < 4.78 is 4.58. The second-order valence-electron chi connectivity index (χ2n) is 7.66. The highest BCUT2D eigenvalue weighted by atomic mass is 32.2. The van der Waals surface area contributed by atoms with E-state index in [0.717, 1.165) is 5.56 Å². The summed E-state index contributed by atoms with van der Waals surface area (Å²) in [5.41, 5.74) is 0.737. The Bertz CT molecular complexity index is 814. The molecule has 0 aliphatic rings. The second-order valence-corrected chi connectivity index (χ2v) is 9.04. The van der Waals surface area contributed by atoms with Crippen molar-refractivity contribution in [1.29, 1.82) is 0 Å². The number of aliphatic carboxylic acids is 1. The predicted octanol–water partition coefficient (Wildman–Crippen LogP) is 1.54. The fraction of sp³-hybridized carbons (Fsp3) is 0.500. The van der Waals surface area contributed by atoms with Gasteiger partial charge in [0.25, 0.3) is 0 Å². The van der Waals surface area contributed by atoms with E-state index in [9.17, 15) is 29.1 Å². The first-order chi connectivity index (χ1) is 15.0. The number of carboxylic acid groups (broad SMARTS) is 1. The quantitative estimate of drug-likeness (QED) is 0.394. The number of carboxylic acids is 1. The largest absolute Gasteiger partial charge is 0.480 e. The first kappa shape index (κ1) is 27.2. The van der Waals surface area contributed by atoms with Gasteiger partial charge < -0.3 is 20.5 Å². The summed E-state index contributed by atoms with van der Waals surface area (Å²) in [4.78, 5) is 60.5. The number of hydrogen-bond donors (Lipinski definition) is 3. The molecular formula is C22H30N2O7S. The molecule has 3 N–H and O–H groups in total. The summed E-state index contributed by atoms with van der Waals surface area (Å²) in [7, 11) is 1.17. The Labute approximate surface area is 191 Å². The average molecular weight is 467 g/mol. The number of rotatable bonds is 12. The van der Waals surface area contributed by atoms with Crippen LogP contribution in [-0.2, 0) is 35.1 Å². The van der Waals surface area contributed by atoms with Gasteiger partial charge in [0.2, 0.25) is 11.8 Å². The van der Waals surface area contributed by atoms with Crippen LogP contribution >= 0.6 is 11.8 Å². The summed E-state index contributed by atoms with van der Waals surface area (Å²) in [6, 6.07) is 6.63. The molecule has 176 valence electrons. The normalized spacial score (nSPS) is 13.5. The third-order valence-corrected chi connectivity index (χ3v) is 5.41. The van der Waals surface area contributed by atoms with Crippen LogP contribution in [0.15, 0.2) is 30.3 Å². The maximum atomic E-state index is 12.9. The Morgan fingerprint density at radius 3 is 2.09 bits per heavy atom. The first-order valence-corrected chi connectivity index (χ1v) is 11.0. The Kier molecular flexibility index (Phi) is 11.5. The van der Waals surface area contributed by atoms with Gasteiger partial charge in [0.05, 0.1) is 13.5 Å². The molecule has 0 spiro atoms. The van der Waals surface area contributed by atoms with E-state index in [1.165, 1.54) is 14.0 Å². The second kappa shape index (κ2) is 13.5. The summed E-state index contributed by atoms with van der Waals surface area (Å²) in [5, 5.41) is 13.2. The van der Waals surface area contributed by atoms with Gasteiger partial charge in [-0.1, -0.05) is 55.9 Å². The topological polar surface area (TPSA) is 139 Å². The van der Waals surface area contributed by atoms with E-state index >= 15 is 0 Å². The number of thioether (sulfide) groups is 1. The van der Waals surface area contributed by atoms with Crippen molar-refractivity contribution in [2.75, 3.05) is 7.11 Å². The molecule has 0 aliphatic carbocycles. The molecule has 9 nitrogen and oxygen atoms in total. The maximum absolute atomic E-state index is 12.9. The number of amides is 2. The third-order valence-electron chi connectivity index (χ3n) is 4.42. The van der Waals surface area contributed by atoms with Gasteiger partial charge in [0.15, 0.2) is 5.12 Å². The minimum atomic E-state index is -1.20. The van der Waals surface area contributed by atoms with Gasteiger partial charge in [-0.25, -0.2) is 4.79 Å². The molecule has 1 unspecified atom stereocenters. The average Bonchev–Trinajstić information content (AvgIpc) is 2.72. The highest BCUT2D eigenvalue weighted by molar-refractivity contribution is 8.14. The molecule has 0 saturated carbocycles. The summed E-state index contributed by atoms with van der Waals surface area (Å²) in [6.07, 6.45) is -0.0191. The monoisotopic (exact) mass is 466 g/mol. The lowest BCUT2D eigenvalue weighted by Crippen LogP contribution is -2.54. The first-order valence-electron chi connectivity index (χ1n) is 10.1. The van der Waals surface area contributed by atoms with Crippen molar-refractivity contribution in [3.8, 4) is 0 Å². The van der Waals surface area contributed by atoms with Crippen molar-refractivity contribution in [3.63, 3.8) is 0 Å². The lowest BCUT2D eigenvalue weighted by atomic mass is 10.0. The molecule has 0 radical (unpaired) electrons. The predicted molar refractivity (Wildman–Crippen MR) is 120 cm³/mol. The lowest BCUT2D eigenvalue weighted by Gasteiger charge is -2.24. The highest BCUT2D eigenvalue weighted by Gasteiger charge is 2.31. The van der Waals surface area contributed by atoms with Gasteiger partial charge in [-0.3, -0.25) is 19.2 Å². The van der Waals surface area contributed by atoms with Gasteiger partial charge in [-0.2, -0.15) is 0 Å². The van der Waals surface area contributed by atoms with Crippen molar-refractivity contribution in [1.82, 2.24) is 10.6 Å². The van der Waals surface area contributed by atoms with Gasteiger partial charge in [0.1, 0.15) is 17.3 Å². The molecule has 32 heavy (non-hydrogen) atoms. The van der Waals surface area contributed by atoms with Crippen LogP contribution in [0.25, 0.3) is 0 Å². The van der Waals surface area contributed by atoms with E-state index in [4.69, 9.17) is 0 Å². The number of methoxy groups -OCH3 is 1. The number of esters is 1. The van der Waals surface area contributed by atoms with Crippen LogP contribution in [0.2, 0.25) is 0 Å². The standard InChI is InChI=1S/C22H30N2O7S/c1-13(2)10-16(23-21(28)18(32-14(3)25)12-19(26)31-4)20(27)24-17(22(29)30)11-15-8-6-5-7-9-15/h5-9,13,16-18H,10-12H2,1-4H3,(H,23,28)(H,24,27)(H,29,30)/t16-,17-,18?/m0/s1. The van der Waals surface area contributed by atoms with E-state index in [-0.39, 0.29) is 30.3 Å². The molecular weight excluding hydrogens is 436 g/mol. The van der Waals surface area contributed by atoms with Crippen molar-refractivity contribution in [2.24, 2.45) is 5.92 Å². The highest BCUT2D eigenvalue weighted by Crippen LogP contribution is 2.18. The maximum Gasteiger partial charge on any atom is 0.326 e. The molecule has 0 bridgehead atoms. The third kappa shape index (κ3) is 9.95. The smallest absolute Gasteiger partial charge is 0.326 e. The van der Waals surface area contributed by atoms with Crippen LogP contribution in [0.1, 0.15) is 39.2 Å². The minimum absolute atomic E-state index is 0.00275. The Balaban J connectivity index is 2.97. The molecule has 1 rings (SSSR count). The fourth-order valence-electron chi connectivity index (χ4n) is 2.91. The zero-order valence-electron chi connectivity index (χ0n) is 18.6. The van der Waals surface area contributed by atoms with E-state index in [1.807, 2.05) is 13.8 Å². The van der Waals surface area contributed by atoms with Crippen LogP contribution in [-0.4, -0.2) is 58.4 Å². The van der Waals surface area contributed by atoms with Gasteiger partial charge >= 0.3 is 11.9 Å². The van der Waals surface area contributed by atoms with Crippen LogP contribution in [0, 0.1) is 5.92 Å². The lowest BCUT2D eigenvalue weighted by molar-refractivity contribution is -0.143. The minimum Gasteiger partial charge on any atom is -0.480 e. The van der Waals surface area contributed by atoms with E-state index in [0.29, 0.717) is 11.8 Å². The van der Waals surface area contributed by atoms with E-state index in [2.05, 4.69) is 15.4 Å². The number of benzene rings is 1. The van der Waals surface area contributed by atoms with Crippen LogP contribution in [0.5, 0.6) is 0 Å². The molecule has 1 aromatic carbocycles. The molecule has 0 aliphatic heterocycles. The molecule has 0 fully saturated rings. The Morgan fingerprint density at radius 1 is 1.00 bits per heavy atom. The zero-order chi connectivity index (χ0) is 24.3. The number of ether oxygens (including phenoxy) is 1. The number of carbonyl (C=O) groups is 5. The molecule has 3 atom stereocenters. The Morgan fingerprint density at radius 2 is 1.59 bits per heavy atom. The summed E-state index contributed by atoms with van der Waals surface area (Å²) in [5.74, 6) is -3.19. The van der Waals surface area contributed by atoms with E-state index < -0.39 is 41.1 Å². The van der Waals surface area contributed by atoms with Crippen LogP contribution in [0.3, 0.4) is 0 Å². The van der Waals surface area contributed by atoms with Crippen molar-refractivity contribution >= 4 is 40.6 Å². The van der Waals surface area contributed by atoms with Crippen molar-refractivity contribution in [3.05, 3.63) is 35.9 Å². The molecule has 0 aromatic heterocycles. The van der Waals surface area contributed by atoms with Gasteiger partial charge in [-0.15, -0.1) is 0 Å². The van der Waals surface area contributed by atoms with E-state index in [1.54, 1.807) is 30.3 Å². The van der Waals surface area contributed by atoms with Crippen LogP contribution in [0.4, 0.5) is 0 Å². The van der Waals surface area contributed by atoms with Gasteiger partial charge in [0, 0.05) is 13.3 Å². The number of nitrogens with one attached hydrogen (secondary N) is 2. The summed E-state index contributed by atoms with van der Waals surface area (Å²) >= 11 is 0.667. The van der Waals surface area contributed by atoms with Gasteiger partial charge in [-0.05, 0) is 17.9 Å². The number of hydrogen-bond acceptors (Lipinski definition) is 7. The van der Waals surface area contributed by atoms with Crippen LogP contribution < -0.4 is 10.6 Å². The van der Waals surface area contributed by atoms with Crippen molar-refractivity contribution in [2.45, 2.75) is 57.4 Å². The molecule has 2 amide bonds. The van der Waals surface area contributed by atoms with Crippen molar-refractivity contribution < 1.29 is 33.8 Å². The fourth-order valence-corrected chi connectivity index (χ4v) is 3.71. The molecule has 0 saturated heterocycles. The molecule has 10 heteroatoms. The Hall–Kier alpha value is -2.88. The number of carbonyl (C=O) groups excluding carboxylic acids is 4.